The lowest BCUT2D eigenvalue weighted by Crippen LogP contribution is -2.56. The Balaban J connectivity index is 2.06. The molecule has 1 aromatic carbocycles. The lowest BCUT2D eigenvalue weighted by molar-refractivity contribution is 0.00857. The summed E-state index contributed by atoms with van der Waals surface area (Å²) in [5.74, 6) is -0.206. The van der Waals surface area contributed by atoms with Crippen LogP contribution >= 0.6 is 23.2 Å². The summed E-state index contributed by atoms with van der Waals surface area (Å²) in [6, 6.07) is 4.47. The maximum atomic E-state index is 12.7. The average molecular weight is 423 g/mol. The molecule has 1 aromatic rings. The molecular formula is C17H24Cl2N2O4S. The molecule has 146 valence electrons. The van der Waals surface area contributed by atoms with Crippen LogP contribution in [0.2, 0.25) is 10.0 Å². The number of sulfonamides is 1. The van der Waals surface area contributed by atoms with E-state index in [1.165, 1.54) is 10.4 Å². The summed E-state index contributed by atoms with van der Waals surface area (Å²) in [6.45, 7) is 7.92. The molecule has 9 heteroatoms. The van der Waals surface area contributed by atoms with Gasteiger partial charge in [0.15, 0.2) is 0 Å². The summed E-state index contributed by atoms with van der Waals surface area (Å²) in [6.07, 6.45) is -0.428. The first kappa shape index (κ1) is 21.3. The largest absolute Gasteiger partial charge is 0.444 e. The topological polar surface area (TPSA) is 66.9 Å². The van der Waals surface area contributed by atoms with E-state index in [0.717, 1.165) is 0 Å². The SMILES string of the molecule is C[C@@H]1CN(S(=O)(=O)Cc2ccc(Cl)cc2Cl)CCN1C(=O)OC(C)(C)C. The Morgan fingerprint density at radius 2 is 1.92 bits per heavy atom. The van der Waals surface area contributed by atoms with Crippen molar-refractivity contribution in [2.45, 2.75) is 45.1 Å². The van der Waals surface area contributed by atoms with Crippen molar-refractivity contribution in [1.29, 1.82) is 0 Å². The predicted molar refractivity (Wildman–Crippen MR) is 103 cm³/mol. The zero-order valence-electron chi connectivity index (χ0n) is 15.3. The lowest BCUT2D eigenvalue weighted by Gasteiger charge is -2.39. The van der Waals surface area contributed by atoms with Crippen molar-refractivity contribution in [3.8, 4) is 0 Å². The van der Waals surface area contributed by atoms with Crippen LogP contribution < -0.4 is 0 Å². The van der Waals surface area contributed by atoms with Crippen molar-refractivity contribution in [3.05, 3.63) is 33.8 Å². The normalized spacial score (nSPS) is 19.5. The van der Waals surface area contributed by atoms with E-state index < -0.39 is 21.7 Å². The number of hydrogen-bond donors (Lipinski definition) is 0. The number of benzene rings is 1. The Hall–Kier alpha value is -1.02. The minimum atomic E-state index is -3.56. The summed E-state index contributed by atoms with van der Waals surface area (Å²) in [5.41, 5.74) is -0.0935. The van der Waals surface area contributed by atoms with Gasteiger partial charge in [0.2, 0.25) is 10.0 Å². The molecule has 1 atom stereocenters. The van der Waals surface area contributed by atoms with E-state index in [1.54, 1.807) is 44.7 Å². The molecule has 1 fully saturated rings. The zero-order chi connectivity index (χ0) is 19.7. The second kappa shape index (κ2) is 7.92. The first-order valence-corrected chi connectivity index (χ1v) is 10.7. The smallest absolute Gasteiger partial charge is 0.410 e. The van der Waals surface area contributed by atoms with Gasteiger partial charge in [0.1, 0.15) is 5.60 Å². The molecule has 1 heterocycles. The number of rotatable bonds is 3. The van der Waals surface area contributed by atoms with Gasteiger partial charge in [0, 0.05) is 35.7 Å². The number of amides is 1. The third kappa shape index (κ3) is 5.49. The fraction of sp³-hybridized carbons (Fsp3) is 0.588. The molecule has 26 heavy (non-hydrogen) atoms. The van der Waals surface area contributed by atoms with Crippen LogP contribution in [0.1, 0.15) is 33.3 Å². The summed E-state index contributed by atoms with van der Waals surface area (Å²) in [4.78, 5) is 13.8. The maximum absolute atomic E-state index is 12.7. The molecule has 1 aliphatic rings. The number of hydrogen-bond acceptors (Lipinski definition) is 4. The van der Waals surface area contributed by atoms with E-state index in [-0.39, 0.29) is 31.4 Å². The van der Waals surface area contributed by atoms with Crippen molar-refractivity contribution < 1.29 is 17.9 Å². The average Bonchev–Trinajstić information content (AvgIpc) is 2.48. The van der Waals surface area contributed by atoms with Crippen LogP contribution in [0, 0.1) is 0 Å². The fourth-order valence-electron chi connectivity index (χ4n) is 2.70. The fourth-order valence-corrected chi connectivity index (χ4v) is 4.88. The molecule has 0 spiro atoms. The Labute approximate surface area is 165 Å². The van der Waals surface area contributed by atoms with Crippen LogP contribution in [0.4, 0.5) is 4.79 Å². The van der Waals surface area contributed by atoms with Gasteiger partial charge < -0.3 is 9.64 Å². The van der Waals surface area contributed by atoms with E-state index in [0.29, 0.717) is 15.6 Å². The molecule has 0 unspecified atom stereocenters. The van der Waals surface area contributed by atoms with Crippen molar-refractivity contribution in [2.24, 2.45) is 0 Å². The highest BCUT2D eigenvalue weighted by Crippen LogP contribution is 2.25. The first-order valence-electron chi connectivity index (χ1n) is 8.30. The van der Waals surface area contributed by atoms with E-state index in [2.05, 4.69) is 0 Å². The highest BCUT2D eigenvalue weighted by Gasteiger charge is 2.35. The van der Waals surface area contributed by atoms with Crippen LogP contribution in [0.15, 0.2) is 18.2 Å². The molecule has 6 nitrogen and oxygen atoms in total. The summed E-state index contributed by atoms with van der Waals surface area (Å²) in [5, 5.41) is 0.775. The number of carbonyl (C=O) groups is 1. The summed E-state index contributed by atoms with van der Waals surface area (Å²) >= 11 is 11.9. The third-order valence-electron chi connectivity index (χ3n) is 3.96. The summed E-state index contributed by atoms with van der Waals surface area (Å²) < 4.78 is 32.3. The summed E-state index contributed by atoms with van der Waals surface area (Å²) in [7, 11) is -3.56. The van der Waals surface area contributed by atoms with Gasteiger partial charge in [-0.3, -0.25) is 0 Å². The van der Waals surface area contributed by atoms with Gasteiger partial charge >= 0.3 is 6.09 Å². The number of piperazine rings is 1. The van der Waals surface area contributed by atoms with Gasteiger partial charge in [-0.1, -0.05) is 29.3 Å². The molecule has 0 bridgehead atoms. The number of halogens is 2. The van der Waals surface area contributed by atoms with E-state index in [1.807, 2.05) is 0 Å². The van der Waals surface area contributed by atoms with E-state index in [4.69, 9.17) is 27.9 Å². The standard InChI is InChI=1S/C17H24Cl2N2O4S/c1-12-10-20(7-8-21(12)16(22)25-17(2,3)4)26(23,24)11-13-5-6-14(18)9-15(13)19/h5-6,9,12H,7-8,10-11H2,1-4H3/t12-/m1/s1. The van der Waals surface area contributed by atoms with Gasteiger partial charge in [-0.15, -0.1) is 0 Å². The molecule has 0 N–H and O–H groups in total. The minimum Gasteiger partial charge on any atom is -0.444 e. The first-order chi connectivity index (χ1) is 11.9. The molecule has 0 saturated carbocycles. The highest BCUT2D eigenvalue weighted by atomic mass is 35.5. The molecule has 0 radical (unpaired) electrons. The molecule has 1 aliphatic heterocycles. The van der Waals surface area contributed by atoms with Crippen LogP contribution in [0.25, 0.3) is 0 Å². The Kier molecular flexibility index (Phi) is 6.48. The third-order valence-corrected chi connectivity index (χ3v) is 6.35. The van der Waals surface area contributed by atoms with Gasteiger partial charge in [0.25, 0.3) is 0 Å². The zero-order valence-corrected chi connectivity index (χ0v) is 17.7. The Morgan fingerprint density at radius 3 is 2.46 bits per heavy atom. The van der Waals surface area contributed by atoms with Gasteiger partial charge in [-0.25, -0.2) is 13.2 Å². The molecule has 0 aromatic heterocycles. The minimum absolute atomic E-state index is 0.206. The highest BCUT2D eigenvalue weighted by molar-refractivity contribution is 7.88. The second-order valence-electron chi connectivity index (χ2n) is 7.37. The van der Waals surface area contributed by atoms with Crippen LogP contribution in [0.3, 0.4) is 0 Å². The monoisotopic (exact) mass is 422 g/mol. The van der Waals surface area contributed by atoms with Crippen molar-refractivity contribution >= 4 is 39.3 Å². The van der Waals surface area contributed by atoms with Gasteiger partial charge in [0.05, 0.1) is 5.75 Å². The van der Waals surface area contributed by atoms with Crippen LogP contribution in [-0.2, 0) is 20.5 Å². The van der Waals surface area contributed by atoms with Gasteiger partial charge in [-0.2, -0.15) is 4.31 Å². The molecule has 0 aliphatic carbocycles. The molecule has 2 rings (SSSR count). The van der Waals surface area contributed by atoms with Crippen LogP contribution in [-0.4, -0.2) is 55.0 Å². The number of ether oxygens (including phenoxy) is 1. The lowest BCUT2D eigenvalue weighted by atomic mass is 10.2. The molecule has 1 saturated heterocycles. The number of nitrogens with zero attached hydrogens (tertiary/aromatic N) is 2. The van der Waals surface area contributed by atoms with Crippen LogP contribution in [0.5, 0.6) is 0 Å². The Bertz CT molecular complexity index is 777. The number of carbonyl (C=O) groups excluding carboxylic acids is 1. The van der Waals surface area contributed by atoms with Gasteiger partial charge in [-0.05, 0) is 45.4 Å². The quantitative estimate of drug-likeness (QED) is 0.743. The Morgan fingerprint density at radius 1 is 1.27 bits per heavy atom. The predicted octanol–water partition coefficient (Wildman–Crippen LogP) is 3.76. The second-order valence-corrected chi connectivity index (χ2v) is 10.2. The van der Waals surface area contributed by atoms with Crippen molar-refractivity contribution in [1.82, 2.24) is 9.21 Å². The van der Waals surface area contributed by atoms with Crippen molar-refractivity contribution in [2.75, 3.05) is 19.6 Å². The molecule has 1 amide bonds. The molecular weight excluding hydrogens is 399 g/mol. The van der Waals surface area contributed by atoms with E-state index >= 15 is 0 Å². The van der Waals surface area contributed by atoms with Crippen molar-refractivity contribution in [3.63, 3.8) is 0 Å². The van der Waals surface area contributed by atoms with E-state index in [9.17, 15) is 13.2 Å². The maximum Gasteiger partial charge on any atom is 0.410 e.